The quantitative estimate of drug-likeness (QED) is 0.706. The van der Waals surface area contributed by atoms with E-state index in [1.807, 2.05) is 52.0 Å². The normalized spacial score (nSPS) is 15.4. The molecule has 0 bridgehead atoms. The Morgan fingerprint density at radius 3 is 2.67 bits per heavy atom. The number of nitrogens with one attached hydrogen (secondary N) is 1. The van der Waals surface area contributed by atoms with E-state index in [-0.39, 0.29) is 18.2 Å². The minimum atomic E-state index is -0.0130. The zero-order valence-corrected chi connectivity index (χ0v) is 17.9. The van der Waals surface area contributed by atoms with Gasteiger partial charge in [-0.05, 0) is 51.8 Å². The predicted molar refractivity (Wildman–Crippen MR) is 114 cm³/mol. The lowest BCUT2D eigenvalue weighted by molar-refractivity contribution is -0.120. The molecule has 7 heteroatoms. The number of ether oxygens (including phenoxy) is 1. The number of para-hydroxylation sites is 1. The molecular formula is C23H27N5O2. The average Bonchev–Trinajstić information content (AvgIpc) is 2.99. The molecule has 3 aromatic rings. The van der Waals surface area contributed by atoms with Crippen molar-refractivity contribution < 1.29 is 9.53 Å². The summed E-state index contributed by atoms with van der Waals surface area (Å²) in [6, 6.07) is 10.0. The summed E-state index contributed by atoms with van der Waals surface area (Å²) in [6.07, 6.45) is 1.20. The number of aryl methyl sites for hydroxylation is 3. The van der Waals surface area contributed by atoms with Crippen molar-refractivity contribution in [3.05, 3.63) is 64.2 Å². The van der Waals surface area contributed by atoms with E-state index < -0.39 is 0 Å². The second-order valence-electron chi connectivity index (χ2n) is 7.98. The first-order valence-corrected chi connectivity index (χ1v) is 10.3. The van der Waals surface area contributed by atoms with Gasteiger partial charge in [-0.2, -0.15) is 5.10 Å². The molecule has 1 unspecified atom stereocenters. The summed E-state index contributed by atoms with van der Waals surface area (Å²) in [4.78, 5) is 21.6. The molecule has 0 saturated heterocycles. The zero-order chi connectivity index (χ0) is 21.3. The van der Waals surface area contributed by atoms with Gasteiger partial charge in [0.2, 0.25) is 5.91 Å². The molecule has 3 heterocycles. The molecule has 1 amide bonds. The van der Waals surface area contributed by atoms with E-state index in [2.05, 4.69) is 26.4 Å². The standard InChI is InChI=1S/C23H27N5O2/c1-14-9-15(2)26-23(25-14)28-17(4)20(16(3)27-28)11-22(29)24-12-18-10-19-7-5-6-8-21(19)30-13-18/h5-9,18H,10-13H2,1-4H3,(H,24,29). The van der Waals surface area contributed by atoms with Crippen LogP contribution in [0.4, 0.5) is 0 Å². The van der Waals surface area contributed by atoms with Crippen molar-refractivity contribution in [1.82, 2.24) is 25.1 Å². The van der Waals surface area contributed by atoms with Crippen LogP contribution in [0.2, 0.25) is 0 Å². The monoisotopic (exact) mass is 405 g/mol. The minimum absolute atomic E-state index is 0.0130. The van der Waals surface area contributed by atoms with Gasteiger partial charge in [0.15, 0.2) is 0 Å². The Hall–Kier alpha value is -3.22. The molecule has 4 rings (SSSR count). The number of carbonyl (C=O) groups excluding carboxylic acids is 1. The highest BCUT2D eigenvalue weighted by molar-refractivity contribution is 5.79. The topological polar surface area (TPSA) is 81.9 Å². The molecular weight excluding hydrogens is 378 g/mol. The van der Waals surface area contributed by atoms with Crippen LogP contribution in [0.3, 0.4) is 0 Å². The van der Waals surface area contributed by atoms with E-state index in [1.165, 1.54) is 5.56 Å². The third-order valence-corrected chi connectivity index (χ3v) is 5.48. The van der Waals surface area contributed by atoms with Gasteiger partial charge in [-0.15, -0.1) is 0 Å². The summed E-state index contributed by atoms with van der Waals surface area (Å²) < 4.78 is 7.54. The van der Waals surface area contributed by atoms with Gasteiger partial charge >= 0.3 is 0 Å². The molecule has 0 aliphatic carbocycles. The maximum Gasteiger partial charge on any atom is 0.251 e. The van der Waals surface area contributed by atoms with Crippen LogP contribution < -0.4 is 10.1 Å². The zero-order valence-electron chi connectivity index (χ0n) is 17.9. The smallest absolute Gasteiger partial charge is 0.251 e. The van der Waals surface area contributed by atoms with E-state index >= 15 is 0 Å². The molecule has 1 aliphatic heterocycles. The van der Waals surface area contributed by atoms with Gasteiger partial charge in [0.25, 0.3) is 5.95 Å². The van der Waals surface area contributed by atoms with Crippen LogP contribution in [0.5, 0.6) is 5.75 Å². The Morgan fingerprint density at radius 1 is 1.17 bits per heavy atom. The van der Waals surface area contributed by atoms with Gasteiger partial charge in [-0.1, -0.05) is 18.2 Å². The summed E-state index contributed by atoms with van der Waals surface area (Å²) in [5.41, 5.74) is 5.61. The fourth-order valence-electron chi connectivity index (χ4n) is 3.93. The molecule has 0 spiro atoms. The predicted octanol–water partition coefficient (Wildman–Crippen LogP) is 2.81. The average molecular weight is 406 g/mol. The van der Waals surface area contributed by atoms with E-state index in [0.29, 0.717) is 19.1 Å². The SMILES string of the molecule is Cc1cc(C)nc(-n2nc(C)c(CC(=O)NCC3COc4ccccc4C3)c2C)n1. The lowest BCUT2D eigenvalue weighted by atomic mass is 9.96. The third-order valence-electron chi connectivity index (χ3n) is 5.48. The van der Waals surface area contributed by atoms with Crippen LogP contribution in [0.1, 0.15) is 33.9 Å². The summed E-state index contributed by atoms with van der Waals surface area (Å²) in [7, 11) is 0. The molecule has 0 fully saturated rings. The van der Waals surface area contributed by atoms with E-state index in [4.69, 9.17) is 4.74 Å². The van der Waals surface area contributed by atoms with Gasteiger partial charge in [0.1, 0.15) is 5.75 Å². The van der Waals surface area contributed by atoms with Crippen molar-refractivity contribution in [3.8, 4) is 11.7 Å². The first-order valence-electron chi connectivity index (χ1n) is 10.3. The van der Waals surface area contributed by atoms with Crippen molar-refractivity contribution in [2.75, 3.05) is 13.2 Å². The highest BCUT2D eigenvalue weighted by atomic mass is 16.5. The summed E-state index contributed by atoms with van der Waals surface area (Å²) in [5.74, 6) is 1.75. The lowest BCUT2D eigenvalue weighted by Gasteiger charge is -2.25. The molecule has 1 aliphatic rings. The van der Waals surface area contributed by atoms with Crippen LogP contribution in [-0.4, -0.2) is 38.8 Å². The summed E-state index contributed by atoms with van der Waals surface area (Å²) in [5, 5.41) is 7.65. The third kappa shape index (κ3) is 4.20. The largest absolute Gasteiger partial charge is 0.493 e. The summed E-state index contributed by atoms with van der Waals surface area (Å²) >= 11 is 0. The van der Waals surface area contributed by atoms with Gasteiger partial charge < -0.3 is 10.1 Å². The first kappa shape index (κ1) is 20.1. The van der Waals surface area contributed by atoms with Crippen LogP contribution >= 0.6 is 0 Å². The Bertz CT molecular complexity index is 1070. The fourth-order valence-corrected chi connectivity index (χ4v) is 3.93. The van der Waals surface area contributed by atoms with Crippen molar-refractivity contribution in [2.24, 2.45) is 5.92 Å². The van der Waals surface area contributed by atoms with Crippen LogP contribution in [-0.2, 0) is 17.6 Å². The van der Waals surface area contributed by atoms with Gasteiger partial charge in [-0.25, -0.2) is 14.6 Å². The fraction of sp³-hybridized carbons (Fsp3) is 0.391. The van der Waals surface area contributed by atoms with Crippen molar-refractivity contribution in [2.45, 2.75) is 40.5 Å². The Morgan fingerprint density at radius 2 is 1.90 bits per heavy atom. The molecule has 1 aromatic carbocycles. The van der Waals surface area contributed by atoms with Crippen molar-refractivity contribution in [3.63, 3.8) is 0 Å². The van der Waals surface area contributed by atoms with Gasteiger partial charge in [0, 0.05) is 35.1 Å². The Labute approximate surface area is 176 Å². The molecule has 7 nitrogen and oxygen atoms in total. The number of nitrogens with zero attached hydrogens (tertiary/aromatic N) is 4. The van der Waals surface area contributed by atoms with Crippen LogP contribution in [0.15, 0.2) is 30.3 Å². The van der Waals surface area contributed by atoms with E-state index in [0.717, 1.165) is 40.5 Å². The van der Waals surface area contributed by atoms with Crippen LogP contribution in [0.25, 0.3) is 5.95 Å². The number of benzene rings is 1. The van der Waals surface area contributed by atoms with Crippen molar-refractivity contribution in [1.29, 1.82) is 0 Å². The number of aromatic nitrogens is 4. The van der Waals surface area contributed by atoms with Gasteiger partial charge in [-0.3, -0.25) is 4.79 Å². The number of carbonyl (C=O) groups is 1. The Balaban J connectivity index is 1.41. The van der Waals surface area contributed by atoms with Gasteiger partial charge in [0.05, 0.1) is 18.7 Å². The summed E-state index contributed by atoms with van der Waals surface area (Å²) in [6.45, 7) is 8.96. The first-order chi connectivity index (χ1) is 14.4. The van der Waals surface area contributed by atoms with E-state index in [1.54, 1.807) is 4.68 Å². The molecule has 2 aromatic heterocycles. The Kier molecular flexibility index (Phi) is 5.53. The molecule has 1 atom stereocenters. The molecule has 30 heavy (non-hydrogen) atoms. The molecule has 156 valence electrons. The highest BCUT2D eigenvalue weighted by Crippen LogP contribution is 2.26. The second kappa shape index (κ2) is 8.26. The molecule has 0 saturated carbocycles. The second-order valence-corrected chi connectivity index (χ2v) is 7.98. The minimum Gasteiger partial charge on any atom is -0.493 e. The number of hydrogen-bond acceptors (Lipinski definition) is 5. The van der Waals surface area contributed by atoms with Crippen molar-refractivity contribution >= 4 is 5.91 Å². The lowest BCUT2D eigenvalue weighted by Crippen LogP contribution is -2.35. The highest BCUT2D eigenvalue weighted by Gasteiger charge is 2.21. The number of fused-ring (bicyclic) bond motifs is 1. The number of rotatable bonds is 5. The maximum atomic E-state index is 12.6. The number of amides is 1. The number of hydrogen-bond donors (Lipinski definition) is 1. The maximum absolute atomic E-state index is 12.6. The molecule has 1 N–H and O–H groups in total. The van der Waals surface area contributed by atoms with Crippen LogP contribution in [0, 0.1) is 33.6 Å². The molecule has 0 radical (unpaired) electrons. The van der Waals surface area contributed by atoms with E-state index in [9.17, 15) is 4.79 Å².